The number of aliphatic hydroxyl groups excluding tert-OH is 1. The lowest BCUT2D eigenvalue weighted by Gasteiger charge is -2.23. The third-order valence-corrected chi connectivity index (χ3v) is 1.82. The number of rotatable bonds is 6. The molecule has 0 fully saturated rings. The second-order valence-electron chi connectivity index (χ2n) is 3.40. The van der Waals surface area contributed by atoms with Crippen LogP contribution in [-0.2, 0) is 4.79 Å². The van der Waals surface area contributed by atoms with Crippen molar-refractivity contribution in [1.82, 2.24) is 5.32 Å². The van der Waals surface area contributed by atoms with Gasteiger partial charge in [-0.25, -0.2) is 0 Å². The van der Waals surface area contributed by atoms with E-state index in [9.17, 15) is 9.90 Å². The summed E-state index contributed by atoms with van der Waals surface area (Å²) in [5.74, 6) is -0.448. The van der Waals surface area contributed by atoms with Crippen LogP contribution in [0, 0.1) is 0 Å². The topological polar surface area (TPSA) is 95.6 Å². The Morgan fingerprint density at radius 2 is 2.23 bits per heavy atom. The minimum Gasteiger partial charge on any atom is -0.393 e. The second kappa shape index (κ2) is 5.16. The quantitative estimate of drug-likeness (QED) is 0.413. The molecule has 0 radical (unpaired) electrons. The summed E-state index contributed by atoms with van der Waals surface area (Å²) in [7, 11) is 0. The fourth-order valence-corrected chi connectivity index (χ4v) is 0.845. The van der Waals surface area contributed by atoms with Crippen molar-refractivity contribution in [2.45, 2.75) is 31.9 Å². The molecule has 0 aromatic carbocycles. The van der Waals surface area contributed by atoms with Crippen LogP contribution in [0.15, 0.2) is 0 Å². The zero-order valence-corrected chi connectivity index (χ0v) is 8.08. The van der Waals surface area contributed by atoms with Crippen molar-refractivity contribution >= 4 is 5.91 Å². The summed E-state index contributed by atoms with van der Waals surface area (Å²) in [6.07, 6.45) is 0.566. The lowest BCUT2D eigenvalue weighted by molar-refractivity contribution is -0.120. The van der Waals surface area contributed by atoms with Crippen molar-refractivity contribution in [1.29, 1.82) is 0 Å². The molecule has 0 aliphatic heterocycles. The highest BCUT2D eigenvalue weighted by Gasteiger charge is 2.21. The lowest BCUT2D eigenvalue weighted by Crippen LogP contribution is -2.49. The van der Waals surface area contributed by atoms with E-state index >= 15 is 0 Å². The molecule has 13 heavy (non-hydrogen) atoms. The first-order valence-electron chi connectivity index (χ1n) is 4.29. The van der Waals surface area contributed by atoms with Gasteiger partial charge in [0.05, 0.1) is 18.2 Å². The van der Waals surface area contributed by atoms with Crippen LogP contribution < -0.4 is 11.1 Å². The van der Waals surface area contributed by atoms with Gasteiger partial charge in [-0.3, -0.25) is 4.79 Å². The average molecular weight is 190 g/mol. The first kappa shape index (κ1) is 12.3. The van der Waals surface area contributed by atoms with Gasteiger partial charge in [0.15, 0.2) is 0 Å². The second-order valence-corrected chi connectivity index (χ2v) is 3.40. The molecule has 2 unspecified atom stereocenters. The Morgan fingerprint density at radius 1 is 1.69 bits per heavy atom. The molecule has 0 spiro atoms. The highest BCUT2D eigenvalue weighted by molar-refractivity contribution is 5.79. The zero-order valence-electron chi connectivity index (χ0n) is 8.08. The van der Waals surface area contributed by atoms with E-state index in [1.54, 1.807) is 0 Å². The summed E-state index contributed by atoms with van der Waals surface area (Å²) in [5, 5.41) is 20.9. The molecule has 5 nitrogen and oxygen atoms in total. The average Bonchev–Trinajstić information content (AvgIpc) is 2.05. The molecule has 78 valence electrons. The van der Waals surface area contributed by atoms with E-state index in [4.69, 9.17) is 10.8 Å². The molecule has 0 saturated heterocycles. The predicted molar refractivity (Wildman–Crippen MR) is 49.0 cm³/mol. The number of hydrogen-bond donors (Lipinski definition) is 4. The number of carbonyl (C=O) groups excluding carboxylic acids is 1. The van der Waals surface area contributed by atoms with Gasteiger partial charge in [0.2, 0.25) is 5.91 Å². The number of primary amides is 1. The number of nitrogens with two attached hydrogens (primary N) is 1. The maximum atomic E-state index is 10.8. The normalized spacial score (nSPS) is 17.8. The van der Waals surface area contributed by atoms with Crippen LogP contribution in [0.4, 0.5) is 0 Å². The summed E-state index contributed by atoms with van der Waals surface area (Å²) < 4.78 is 0. The minimum absolute atomic E-state index is 0.144. The molecule has 0 aliphatic rings. The maximum absolute atomic E-state index is 10.8. The van der Waals surface area contributed by atoms with E-state index < -0.39 is 17.6 Å². The molecule has 0 bridgehead atoms. The number of hydrogen-bond acceptors (Lipinski definition) is 4. The van der Waals surface area contributed by atoms with Gasteiger partial charge in [-0.1, -0.05) is 6.92 Å². The molecule has 0 saturated carbocycles. The third kappa shape index (κ3) is 4.82. The van der Waals surface area contributed by atoms with E-state index in [0.717, 1.165) is 0 Å². The fourth-order valence-electron chi connectivity index (χ4n) is 0.845. The fraction of sp³-hybridized carbons (Fsp3) is 0.875. The summed E-state index contributed by atoms with van der Waals surface area (Å²) in [6.45, 7) is 3.09. The Kier molecular flexibility index (Phi) is 4.90. The molecule has 1 amide bonds. The Labute approximate surface area is 77.9 Å². The Hall–Kier alpha value is -0.650. The molecular weight excluding hydrogens is 172 g/mol. The van der Waals surface area contributed by atoms with Gasteiger partial charge in [0.25, 0.3) is 0 Å². The van der Waals surface area contributed by atoms with Crippen molar-refractivity contribution in [3.8, 4) is 0 Å². The van der Waals surface area contributed by atoms with Crippen molar-refractivity contribution in [3.63, 3.8) is 0 Å². The van der Waals surface area contributed by atoms with Crippen molar-refractivity contribution in [3.05, 3.63) is 0 Å². The molecule has 5 heteroatoms. The van der Waals surface area contributed by atoms with Crippen LogP contribution >= 0.6 is 0 Å². The van der Waals surface area contributed by atoms with Crippen LogP contribution in [0.25, 0.3) is 0 Å². The summed E-state index contributed by atoms with van der Waals surface area (Å²) in [5.41, 5.74) is 3.87. The Morgan fingerprint density at radius 3 is 2.54 bits per heavy atom. The zero-order chi connectivity index (χ0) is 10.5. The maximum Gasteiger partial charge on any atom is 0.234 e. The SMILES string of the molecule is CCC(NCC(C)(O)CO)C(N)=O. The molecule has 5 N–H and O–H groups in total. The van der Waals surface area contributed by atoms with Crippen molar-refractivity contribution in [2.24, 2.45) is 5.73 Å². The number of amides is 1. The highest BCUT2D eigenvalue weighted by atomic mass is 16.3. The van der Waals surface area contributed by atoms with E-state index in [2.05, 4.69) is 5.32 Å². The molecular formula is C8H18N2O3. The van der Waals surface area contributed by atoms with Crippen LogP contribution in [0.5, 0.6) is 0 Å². The molecule has 0 aliphatic carbocycles. The third-order valence-electron chi connectivity index (χ3n) is 1.82. The number of aliphatic hydroxyl groups is 2. The summed E-state index contributed by atoms with van der Waals surface area (Å²) >= 11 is 0. The van der Waals surface area contributed by atoms with Gasteiger partial charge in [0, 0.05) is 6.54 Å². The smallest absolute Gasteiger partial charge is 0.234 e. The molecule has 0 aromatic heterocycles. The van der Waals surface area contributed by atoms with Crippen LogP contribution in [0.2, 0.25) is 0 Å². The molecule has 0 aromatic rings. The Balaban J connectivity index is 3.92. The van der Waals surface area contributed by atoms with Gasteiger partial charge < -0.3 is 21.3 Å². The molecule has 0 heterocycles. The first-order valence-corrected chi connectivity index (χ1v) is 4.29. The van der Waals surface area contributed by atoms with E-state index in [1.165, 1.54) is 6.92 Å². The van der Waals surface area contributed by atoms with Gasteiger partial charge in [-0.05, 0) is 13.3 Å². The summed E-state index contributed by atoms with van der Waals surface area (Å²) in [4.78, 5) is 10.8. The summed E-state index contributed by atoms with van der Waals surface area (Å²) in [6, 6.07) is -0.446. The van der Waals surface area contributed by atoms with Gasteiger partial charge >= 0.3 is 0 Å². The van der Waals surface area contributed by atoms with Crippen LogP contribution in [-0.4, -0.2) is 40.9 Å². The van der Waals surface area contributed by atoms with Crippen LogP contribution in [0.1, 0.15) is 20.3 Å². The van der Waals surface area contributed by atoms with E-state index in [0.29, 0.717) is 6.42 Å². The number of nitrogens with one attached hydrogen (secondary N) is 1. The van der Waals surface area contributed by atoms with E-state index in [-0.39, 0.29) is 13.2 Å². The monoisotopic (exact) mass is 190 g/mol. The number of carbonyl (C=O) groups is 1. The van der Waals surface area contributed by atoms with Crippen molar-refractivity contribution in [2.75, 3.05) is 13.2 Å². The Bertz CT molecular complexity index is 171. The highest BCUT2D eigenvalue weighted by Crippen LogP contribution is 2.00. The van der Waals surface area contributed by atoms with Gasteiger partial charge in [-0.2, -0.15) is 0 Å². The van der Waals surface area contributed by atoms with Crippen molar-refractivity contribution < 1.29 is 15.0 Å². The minimum atomic E-state index is -1.21. The molecule has 0 rings (SSSR count). The first-order chi connectivity index (χ1) is 5.93. The lowest BCUT2D eigenvalue weighted by atomic mass is 10.1. The largest absolute Gasteiger partial charge is 0.393 e. The predicted octanol–water partition coefficient (Wildman–Crippen LogP) is -1.42. The standard InChI is InChI=1S/C8H18N2O3/c1-3-6(7(9)12)10-4-8(2,13)5-11/h6,10-11,13H,3-5H2,1-2H3,(H2,9,12). The van der Waals surface area contributed by atoms with E-state index in [1.807, 2.05) is 6.92 Å². The molecule has 2 atom stereocenters. The van der Waals surface area contributed by atoms with Crippen LogP contribution in [0.3, 0.4) is 0 Å². The van der Waals surface area contributed by atoms with Gasteiger partial charge in [-0.15, -0.1) is 0 Å². The van der Waals surface area contributed by atoms with Gasteiger partial charge in [0.1, 0.15) is 0 Å².